The van der Waals surface area contributed by atoms with E-state index in [4.69, 9.17) is 4.74 Å². The molecule has 0 aromatic carbocycles. The Morgan fingerprint density at radius 2 is 2.13 bits per heavy atom. The summed E-state index contributed by atoms with van der Waals surface area (Å²) in [5.74, 6) is 1.78. The molecule has 0 heterocycles. The third kappa shape index (κ3) is 4.12. The molecule has 3 unspecified atom stereocenters. The van der Waals surface area contributed by atoms with Crippen LogP contribution in [0.2, 0.25) is 0 Å². The van der Waals surface area contributed by atoms with Crippen LogP contribution in [0.25, 0.3) is 0 Å². The molecule has 3 atom stereocenters. The minimum atomic E-state index is 0.775. The van der Waals surface area contributed by atoms with Crippen LogP contribution in [0.5, 0.6) is 0 Å². The molecule has 0 aromatic rings. The van der Waals surface area contributed by atoms with E-state index < -0.39 is 0 Å². The van der Waals surface area contributed by atoms with Gasteiger partial charge in [-0.1, -0.05) is 13.8 Å². The van der Waals surface area contributed by atoms with Gasteiger partial charge in [0.25, 0.3) is 0 Å². The molecule has 0 aromatic heterocycles. The highest BCUT2D eigenvalue weighted by Gasteiger charge is 2.31. The predicted molar refractivity (Wildman–Crippen MR) is 65.1 cm³/mol. The molecular formula is C13H27NO. The lowest BCUT2D eigenvalue weighted by Crippen LogP contribution is -2.33. The summed E-state index contributed by atoms with van der Waals surface area (Å²) < 4.78 is 5.11. The number of nitrogens with one attached hydrogen (secondary N) is 1. The summed E-state index contributed by atoms with van der Waals surface area (Å²) in [5.41, 5.74) is 0. The van der Waals surface area contributed by atoms with Gasteiger partial charge in [0.05, 0.1) is 0 Å². The van der Waals surface area contributed by atoms with Gasteiger partial charge in [-0.05, 0) is 50.5 Å². The van der Waals surface area contributed by atoms with Gasteiger partial charge in [-0.25, -0.2) is 0 Å². The summed E-state index contributed by atoms with van der Waals surface area (Å²) in [6.45, 7) is 6.76. The van der Waals surface area contributed by atoms with E-state index >= 15 is 0 Å². The van der Waals surface area contributed by atoms with E-state index in [-0.39, 0.29) is 0 Å². The molecule has 0 radical (unpaired) electrons. The van der Waals surface area contributed by atoms with Crippen LogP contribution in [0.1, 0.15) is 46.0 Å². The Morgan fingerprint density at radius 3 is 2.80 bits per heavy atom. The summed E-state index contributed by atoms with van der Waals surface area (Å²) in [5, 5.41) is 3.67. The number of hydrogen-bond acceptors (Lipinski definition) is 2. The molecule has 1 rings (SSSR count). The van der Waals surface area contributed by atoms with Gasteiger partial charge in [-0.2, -0.15) is 0 Å². The van der Waals surface area contributed by atoms with Crippen molar-refractivity contribution < 1.29 is 4.74 Å². The zero-order valence-electron chi connectivity index (χ0n) is 10.6. The fourth-order valence-electron chi connectivity index (χ4n) is 2.76. The first-order valence-electron chi connectivity index (χ1n) is 6.52. The Kier molecular flexibility index (Phi) is 6.26. The van der Waals surface area contributed by atoms with Crippen LogP contribution in [0.3, 0.4) is 0 Å². The van der Waals surface area contributed by atoms with Gasteiger partial charge in [-0.3, -0.25) is 0 Å². The standard InChI is InChI=1S/C13H27NO/c1-4-9-14-13-8-7-12(11(13)2)6-5-10-15-3/h11-14H,4-10H2,1-3H3. The SMILES string of the molecule is CCCNC1CCC(CCCOC)C1C. The van der Waals surface area contributed by atoms with Crippen LogP contribution in [-0.4, -0.2) is 26.3 Å². The Labute approximate surface area is 94.8 Å². The highest BCUT2D eigenvalue weighted by molar-refractivity contribution is 4.86. The van der Waals surface area contributed by atoms with Crippen molar-refractivity contribution in [3.05, 3.63) is 0 Å². The van der Waals surface area contributed by atoms with Crippen LogP contribution in [0.4, 0.5) is 0 Å². The molecule has 1 aliphatic carbocycles. The molecule has 1 fully saturated rings. The first-order valence-corrected chi connectivity index (χ1v) is 6.52. The lowest BCUT2D eigenvalue weighted by Gasteiger charge is -2.21. The van der Waals surface area contributed by atoms with Gasteiger partial charge in [0.15, 0.2) is 0 Å². The second-order valence-electron chi connectivity index (χ2n) is 4.89. The highest BCUT2D eigenvalue weighted by Crippen LogP contribution is 2.34. The minimum absolute atomic E-state index is 0.775. The summed E-state index contributed by atoms with van der Waals surface area (Å²) in [6, 6.07) is 0.775. The number of ether oxygens (including phenoxy) is 1. The number of hydrogen-bond donors (Lipinski definition) is 1. The van der Waals surface area contributed by atoms with E-state index in [1.165, 1.54) is 38.6 Å². The van der Waals surface area contributed by atoms with Crippen LogP contribution in [0.15, 0.2) is 0 Å². The predicted octanol–water partition coefficient (Wildman–Crippen LogP) is 2.83. The second kappa shape index (κ2) is 7.24. The highest BCUT2D eigenvalue weighted by atomic mass is 16.5. The quantitative estimate of drug-likeness (QED) is 0.657. The first kappa shape index (κ1) is 13.0. The normalized spacial score (nSPS) is 31.0. The number of methoxy groups -OCH3 is 1. The van der Waals surface area contributed by atoms with E-state index in [0.29, 0.717) is 0 Å². The maximum Gasteiger partial charge on any atom is 0.0462 e. The summed E-state index contributed by atoms with van der Waals surface area (Å²) in [4.78, 5) is 0. The molecule has 0 bridgehead atoms. The molecule has 15 heavy (non-hydrogen) atoms. The van der Waals surface area contributed by atoms with E-state index in [2.05, 4.69) is 19.2 Å². The van der Waals surface area contributed by atoms with Crippen molar-refractivity contribution in [3.8, 4) is 0 Å². The topological polar surface area (TPSA) is 21.3 Å². The van der Waals surface area contributed by atoms with Crippen molar-refractivity contribution >= 4 is 0 Å². The zero-order valence-corrected chi connectivity index (χ0v) is 10.6. The molecule has 1 aliphatic rings. The van der Waals surface area contributed by atoms with Crippen LogP contribution >= 0.6 is 0 Å². The summed E-state index contributed by atoms with van der Waals surface area (Å²) in [7, 11) is 1.80. The third-order valence-electron chi connectivity index (χ3n) is 3.81. The Morgan fingerprint density at radius 1 is 1.33 bits per heavy atom. The zero-order chi connectivity index (χ0) is 11.1. The molecule has 0 aliphatic heterocycles. The maximum absolute atomic E-state index is 5.11. The van der Waals surface area contributed by atoms with Crippen molar-refractivity contribution in [3.63, 3.8) is 0 Å². The monoisotopic (exact) mass is 213 g/mol. The van der Waals surface area contributed by atoms with Gasteiger partial charge >= 0.3 is 0 Å². The van der Waals surface area contributed by atoms with Gasteiger partial charge in [0.1, 0.15) is 0 Å². The largest absolute Gasteiger partial charge is 0.385 e. The molecule has 0 spiro atoms. The average molecular weight is 213 g/mol. The fraction of sp³-hybridized carbons (Fsp3) is 1.00. The second-order valence-corrected chi connectivity index (χ2v) is 4.89. The third-order valence-corrected chi connectivity index (χ3v) is 3.81. The molecule has 1 N–H and O–H groups in total. The van der Waals surface area contributed by atoms with E-state index in [9.17, 15) is 0 Å². The van der Waals surface area contributed by atoms with Crippen molar-refractivity contribution in [1.29, 1.82) is 0 Å². The number of rotatable bonds is 7. The summed E-state index contributed by atoms with van der Waals surface area (Å²) >= 11 is 0. The van der Waals surface area contributed by atoms with E-state index in [0.717, 1.165) is 24.5 Å². The molecule has 0 saturated heterocycles. The van der Waals surface area contributed by atoms with Gasteiger partial charge in [-0.15, -0.1) is 0 Å². The van der Waals surface area contributed by atoms with Gasteiger partial charge in [0.2, 0.25) is 0 Å². The van der Waals surface area contributed by atoms with Gasteiger partial charge < -0.3 is 10.1 Å². The van der Waals surface area contributed by atoms with Crippen molar-refractivity contribution in [2.45, 2.75) is 52.0 Å². The van der Waals surface area contributed by atoms with E-state index in [1.807, 2.05) is 0 Å². The fourth-order valence-corrected chi connectivity index (χ4v) is 2.76. The molecule has 1 saturated carbocycles. The molecule has 90 valence electrons. The average Bonchev–Trinajstić information content (AvgIpc) is 2.58. The lowest BCUT2D eigenvalue weighted by molar-refractivity contribution is 0.182. The van der Waals surface area contributed by atoms with Crippen LogP contribution < -0.4 is 5.32 Å². The Hall–Kier alpha value is -0.0800. The van der Waals surface area contributed by atoms with Crippen LogP contribution in [-0.2, 0) is 4.74 Å². The van der Waals surface area contributed by atoms with Crippen LogP contribution in [0, 0.1) is 11.8 Å². The maximum atomic E-state index is 5.11. The van der Waals surface area contributed by atoms with Crippen molar-refractivity contribution in [1.82, 2.24) is 5.32 Å². The molecule has 0 amide bonds. The Bertz CT molecular complexity index is 161. The Balaban J connectivity index is 2.19. The summed E-state index contributed by atoms with van der Waals surface area (Å²) in [6.07, 6.45) is 6.61. The van der Waals surface area contributed by atoms with Crippen molar-refractivity contribution in [2.75, 3.05) is 20.3 Å². The molecular weight excluding hydrogens is 186 g/mol. The molecule has 2 nitrogen and oxygen atoms in total. The first-order chi connectivity index (χ1) is 7.29. The molecule has 2 heteroatoms. The minimum Gasteiger partial charge on any atom is -0.385 e. The smallest absolute Gasteiger partial charge is 0.0462 e. The van der Waals surface area contributed by atoms with Crippen molar-refractivity contribution in [2.24, 2.45) is 11.8 Å². The van der Waals surface area contributed by atoms with E-state index in [1.54, 1.807) is 7.11 Å². The van der Waals surface area contributed by atoms with Gasteiger partial charge in [0, 0.05) is 19.8 Å². The lowest BCUT2D eigenvalue weighted by atomic mass is 9.91.